The molecule has 1 amide bonds. The fourth-order valence-electron chi connectivity index (χ4n) is 2.70. The van der Waals surface area contributed by atoms with Gasteiger partial charge in [-0.1, -0.05) is 32.0 Å². The summed E-state index contributed by atoms with van der Waals surface area (Å²) in [5.41, 5.74) is 7.79. The van der Waals surface area contributed by atoms with Gasteiger partial charge in [0.25, 0.3) is 5.91 Å². The van der Waals surface area contributed by atoms with Gasteiger partial charge in [0.05, 0.1) is 0 Å². The third-order valence-electron chi connectivity index (χ3n) is 4.37. The van der Waals surface area contributed by atoms with Crippen LogP contribution in [0.1, 0.15) is 36.4 Å². The monoisotopic (exact) mass is 331 g/mol. The molecule has 132 valence electrons. The molecule has 2 N–H and O–H groups in total. The summed E-state index contributed by atoms with van der Waals surface area (Å²) in [6, 6.07) is 7.89. The second-order valence-corrected chi connectivity index (χ2v) is 7.07. The molecular weight excluding hydrogens is 302 g/mol. The normalized spacial score (nSPS) is 13.0. The van der Waals surface area contributed by atoms with Crippen LogP contribution in [0.4, 0.5) is 0 Å². The molecule has 0 bridgehead atoms. The largest absolute Gasteiger partial charge is 0.451 e. The molecule has 2 aromatic rings. The van der Waals surface area contributed by atoms with Crippen LogP contribution in [0.25, 0.3) is 11.0 Å². The predicted molar refractivity (Wildman–Crippen MR) is 98.0 cm³/mol. The first-order valence-corrected chi connectivity index (χ1v) is 8.47. The van der Waals surface area contributed by atoms with Gasteiger partial charge in [-0.25, -0.2) is 0 Å². The summed E-state index contributed by atoms with van der Waals surface area (Å²) >= 11 is 0. The Balaban J connectivity index is 2.24. The molecule has 1 unspecified atom stereocenters. The van der Waals surface area contributed by atoms with Crippen LogP contribution in [0, 0.1) is 5.92 Å². The highest BCUT2D eigenvalue weighted by atomic mass is 16.3. The number of furan rings is 1. The Hall–Kier alpha value is -1.85. The average Bonchev–Trinajstić information content (AvgIpc) is 2.89. The number of amides is 1. The van der Waals surface area contributed by atoms with Crippen molar-refractivity contribution in [3.63, 3.8) is 0 Å². The number of rotatable bonds is 7. The second-order valence-electron chi connectivity index (χ2n) is 7.07. The molecule has 1 heterocycles. The van der Waals surface area contributed by atoms with Crippen molar-refractivity contribution in [2.24, 2.45) is 11.7 Å². The van der Waals surface area contributed by atoms with Crippen LogP contribution in [0.5, 0.6) is 0 Å². The van der Waals surface area contributed by atoms with E-state index in [1.165, 1.54) is 0 Å². The number of benzene rings is 1. The third kappa shape index (κ3) is 4.16. The summed E-state index contributed by atoms with van der Waals surface area (Å²) < 4.78 is 5.89. The molecule has 0 aliphatic heterocycles. The van der Waals surface area contributed by atoms with Gasteiger partial charge in [0.15, 0.2) is 5.76 Å². The van der Waals surface area contributed by atoms with E-state index in [-0.39, 0.29) is 11.9 Å². The molecule has 1 aromatic heterocycles. The van der Waals surface area contributed by atoms with E-state index in [1.54, 1.807) is 4.90 Å². The van der Waals surface area contributed by atoms with Crippen LogP contribution in [0.2, 0.25) is 0 Å². The lowest BCUT2D eigenvalue weighted by Gasteiger charge is -2.21. The molecule has 0 aliphatic carbocycles. The van der Waals surface area contributed by atoms with Gasteiger partial charge in [-0.05, 0) is 32.5 Å². The number of nitrogens with zero attached hydrogens (tertiary/aromatic N) is 2. The van der Waals surface area contributed by atoms with Crippen LogP contribution in [-0.2, 0) is 6.54 Å². The first kappa shape index (κ1) is 18.5. The van der Waals surface area contributed by atoms with E-state index in [9.17, 15) is 4.79 Å². The van der Waals surface area contributed by atoms with Crippen molar-refractivity contribution in [2.45, 2.75) is 32.9 Å². The van der Waals surface area contributed by atoms with Gasteiger partial charge >= 0.3 is 0 Å². The maximum absolute atomic E-state index is 12.9. The van der Waals surface area contributed by atoms with Gasteiger partial charge in [-0.15, -0.1) is 0 Å². The van der Waals surface area contributed by atoms with Crippen LogP contribution in [-0.4, -0.2) is 49.4 Å². The number of carbonyl (C=O) groups excluding carboxylic acids is 1. The maximum atomic E-state index is 12.9. The molecule has 5 nitrogen and oxygen atoms in total. The molecule has 1 aromatic carbocycles. The molecule has 5 heteroatoms. The molecule has 1 atom stereocenters. The first-order valence-electron chi connectivity index (χ1n) is 8.47. The number of nitrogens with two attached hydrogens (primary N) is 1. The van der Waals surface area contributed by atoms with Crippen molar-refractivity contribution in [3.05, 3.63) is 35.6 Å². The average molecular weight is 331 g/mol. The number of hydrogen-bond acceptors (Lipinski definition) is 4. The first-order chi connectivity index (χ1) is 11.3. The van der Waals surface area contributed by atoms with Crippen LogP contribution < -0.4 is 5.73 Å². The fraction of sp³-hybridized carbons (Fsp3) is 0.526. The zero-order valence-corrected chi connectivity index (χ0v) is 15.4. The van der Waals surface area contributed by atoms with Crippen molar-refractivity contribution >= 4 is 16.9 Å². The van der Waals surface area contributed by atoms with E-state index in [0.29, 0.717) is 24.8 Å². The molecule has 0 spiro atoms. The molecule has 0 saturated heterocycles. The fourth-order valence-corrected chi connectivity index (χ4v) is 2.70. The summed E-state index contributed by atoms with van der Waals surface area (Å²) in [6.07, 6.45) is 0.781. The quantitative estimate of drug-likeness (QED) is 0.847. The Kier molecular flexibility index (Phi) is 6.02. The molecule has 0 aliphatic rings. The second kappa shape index (κ2) is 7.81. The van der Waals surface area contributed by atoms with Gasteiger partial charge in [-0.2, -0.15) is 0 Å². The Bertz CT molecular complexity index is 691. The topological polar surface area (TPSA) is 62.7 Å². The molecular formula is C19H29N3O2. The molecule has 0 fully saturated rings. The number of para-hydroxylation sites is 1. The lowest BCUT2D eigenvalue weighted by atomic mass is 10.0. The third-order valence-corrected chi connectivity index (χ3v) is 4.37. The summed E-state index contributed by atoms with van der Waals surface area (Å²) in [6.45, 7) is 5.48. The highest BCUT2D eigenvalue weighted by Crippen LogP contribution is 2.27. The molecule has 2 rings (SSSR count). The highest BCUT2D eigenvalue weighted by molar-refractivity contribution is 5.99. The van der Waals surface area contributed by atoms with E-state index >= 15 is 0 Å². The van der Waals surface area contributed by atoms with E-state index in [2.05, 4.69) is 13.8 Å². The lowest BCUT2D eigenvalue weighted by Crippen LogP contribution is -2.35. The summed E-state index contributed by atoms with van der Waals surface area (Å²) in [4.78, 5) is 16.6. The lowest BCUT2D eigenvalue weighted by molar-refractivity contribution is 0.0757. The summed E-state index contributed by atoms with van der Waals surface area (Å²) in [7, 11) is 5.78. The van der Waals surface area contributed by atoms with Gasteiger partial charge in [-0.3, -0.25) is 4.79 Å². The minimum atomic E-state index is -0.0843. The van der Waals surface area contributed by atoms with Gasteiger partial charge in [0.1, 0.15) is 5.58 Å². The van der Waals surface area contributed by atoms with Crippen molar-refractivity contribution in [2.75, 3.05) is 27.7 Å². The van der Waals surface area contributed by atoms with Crippen LogP contribution >= 0.6 is 0 Å². The maximum Gasteiger partial charge on any atom is 0.289 e. The van der Waals surface area contributed by atoms with Crippen LogP contribution in [0.3, 0.4) is 0 Å². The van der Waals surface area contributed by atoms with E-state index < -0.39 is 0 Å². The zero-order valence-electron chi connectivity index (χ0n) is 15.4. The Morgan fingerprint density at radius 1 is 1.21 bits per heavy atom. The number of carbonyl (C=O) groups is 1. The van der Waals surface area contributed by atoms with Gasteiger partial charge < -0.3 is 20.0 Å². The highest BCUT2D eigenvalue weighted by Gasteiger charge is 2.24. The molecule has 0 radical (unpaired) electrons. The van der Waals surface area contributed by atoms with E-state index in [4.69, 9.17) is 10.2 Å². The Morgan fingerprint density at radius 3 is 2.50 bits per heavy atom. The van der Waals surface area contributed by atoms with Crippen molar-refractivity contribution in [1.82, 2.24) is 9.80 Å². The Morgan fingerprint density at radius 2 is 1.88 bits per heavy atom. The standard InChI is InChI=1S/C19H29N3O2/c1-13(2)16(20)10-11-22(5)19(23)18-15(12-21(3)4)14-8-6-7-9-17(14)24-18/h6-9,13,16H,10-12,20H2,1-5H3. The zero-order chi connectivity index (χ0) is 17.9. The van der Waals surface area contributed by atoms with Crippen molar-refractivity contribution < 1.29 is 9.21 Å². The minimum absolute atomic E-state index is 0.0843. The van der Waals surface area contributed by atoms with Crippen molar-refractivity contribution in [1.29, 1.82) is 0 Å². The molecule has 24 heavy (non-hydrogen) atoms. The Labute approximate surface area is 144 Å². The number of fused-ring (bicyclic) bond motifs is 1. The number of hydrogen-bond donors (Lipinski definition) is 1. The van der Waals surface area contributed by atoms with Gasteiger partial charge in [0, 0.05) is 37.1 Å². The van der Waals surface area contributed by atoms with E-state index in [1.807, 2.05) is 50.3 Å². The van der Waals surface area contributed by atoms with Crippen LogP contribution in [0.15, 0.2) is 28.7 Å². The SMILES string of the molecule is CC(C)C(N)CCN(C)C(=O)c1oc2ccccc2c1CN(C)C. The van der Waals surface area contributed by atoms with Crippen molar-refractivity contribution in [3.8, 4) is 0 Å². The van der Waals surface area contributed by atoms with E-state index in [0.717, 1.165) is 23.0 Å². The summed E-state index contributed by atoms with van der Waals surface area (Å²) in [5.74, 6) is 0.758. The summed E-state index contributed by atoms with van der Waals surface area (Å²) in [5, 5.41) is 1.00. The predicted octanol–water partition coefficient (Wildman–Crippen LogP) is 2.94. The smallest absolute Gasteiger partial charge is 0.289 e. The van der Waals surface area contributed by atoms with Gasteiger partial charge in [0.2, 0.25) is 0 Å². The molecule has 0 saturated carbocycles. The minimum Gasteiger partial charge on any atom is -0.451 e.